The summed E-state index contributed by atoms with van der Waals surface area (Å²) in [6.45, 7) is 10.4. The van der Waals surface area contributed by atoms with E-state index in [1.807, 2.05) is 0 Å². The highest BCUT2D eigenvalue weighted by Gasteiger charge is 2.38. The number of nitrogens with one attached hydrogen (secondary N) is 1. The molecule has 20 heavy (non-hydrogen) atoms. The van der Waals surface area contributed by atoms with Crippen LogP contribution in [0.3, 0.4) is 0 Å². The van der Waals surface area contributed by atoms with Gasteiger partial charge in [0.2, 0.25) is 0 Å². The van der Waals surface area contributed by atoms with Crippen LogP contribution in [0, 0.1) is 5.92 Å². The highest BCUT2D eigenvalue weighted by molar-refractivity contribution is 5.59. The Balaban J connectivity index is 2.11. The van der Waals surface area contributed by atoms with Crippen LogP contribution in [0.5, 0.6) is 11.5 Å². The molecule has 0 amide bonds. The molecular weight excluding hydrogens is 250 g/mol. The third kappa shape index (κ3) is 2.08. The molecule has 3 atom stereocenters. The average molecular weight is 275 g/mol. The van der Waals surface area contributed by atoms with Crippen molar-refractivity contribution in [3.05, 3.63) is 22.8 Å². The van der Waals surface area contributed by atoms with E-state index in [1.54, 1.807) is 0 Å². The first-order chi connectivity index (χ1) is 9.65. The zero-order valence-electron chi connectivity index (χ0n) is 13.0. The summed E-state index contributed by atoms with van der Waals surface area (Å²) in [6, 6.07) is 2.61. The molecule has 0 saturated carbocycles. The summed E-state index contributed by atoms with van der Waals surface area (Å²) in [5, 5.41) is 3.63. The lowest BCUT2D eigenvalue weighted by molar-refractivity contribution is 0.249. The van der Waals surface area contributed by atoms with Gasteiger partial charge in [-0.25, -0.2) is 0 Å². The van der Waals surface area contributed by atoms with Gasteiger partial charge in [0, 0.05) is 29.2 Å². The Labute approximate surface area is 121 Å². The molecule has 0 aromatic heterocycles. The van der Waals surface area contributed by atoms with Crippen LogP contribution in [0.1, 0.15) is 50.4 Å². The summed E-state index contributed by atoms with van der Waals surface area (Å²) in [7, 11) is 0. The quantitative estimate of drug-likeness (QED) is 0.915. The smallest absolute Gasteiger partial charge is 0.128 e. The molecule has 3 rings (SSSR count). The molecule has 0 fully saturated rings. The van der Waals surface area contributed by atoms with Gasteiger partial charge in [-0.05, 0) is 38.8 Å². The molecule has 0 saturated heterocycles. The van der Waals surface area contributed by atoms with Crippen LogP contribution in [0.2, 0.25) is 0 Å². The molecule has 0 spiro atoms. The van der Waals surface area contributed by atoms with Crippen molar-refractivity contribution >= 4 is 0 Å². The number of fused-ring (bicyclic) bond motifs is 3. The largest absolute Gasteiger partial charge is 0.494 e. The molecule has 3 nitrogen and oxygen atoms in total. The minimum atomic E-state index is 0.282. The maximum absolute atomic E-state index is 6.11. The number of hydrogen-bond donors (Lipinski definition) is 1. The summed E-state index contributed by atoms with van der Waals surface area (Å²) in [5.41, 5.74) is 4.04. The van der Waals surface area contributed by atoms with E-state index in [1.165, 1.54) is 16.7 Å². The lowest BCUT2D eigenvalue weighted by Gasteiger charge is -2.20. The number of hydrogen-bond acceptors (Lipinski definition) is 3. The number of benzene rings is 1. The Morgan fingerprint density at radius 3 is 2.80 bits per heavy atom. The molecule has 1 heterocycles. The summed E-state index contributed by atoms with van der Waals surface area (Å²) in [4.78, 5) is 0. The first-order valence-electron chi connectivity index (χ1n) is 7.87. The molecule has 0 radical (unpaired) electrons. The third-order valence-electron chi connectivity index (χ3n) is 4.42. The van der Waals surface area contributed by atoms with Crippen LogP contribution >= 0.6 is 0 Å². The van der Waals surface area contributed by atoms with Gasteiger partial charge in [0.25, 0.3) is 0 Å². The zero-order valence-corrected chi connectivity index (χ0v) is 13.0. The van der Waals surface area contributed by atoms with E-state index in [2.05, 4.69) is 39.1 Å². The standard InChI is InChI=1S/C17H25NO2/c1-5-18-16-10(3)7-13-14(19-6-2)9-12-8-11(4)20-17(12)15(13)16/h9-11,16,18H,5-8H2,1-4H3. The summed E-state index contributed by atoms with van der Waals surface area (Å²) >= 11 is 0. The van der Waals surface area contributed by atoms with E-state index in [0.717, 1.165) is 37.5 Å². The summed E-state index contributed by atoms with van der Waals surface area (Å²) in [5.74, 6) is 2.80. The molecule has 2 aliphatic rings. The Morgan fingerprint density at radius 1 is 1.30 bits per heavy atom. The predicted octanol–water partition coefficient (Wildman–Crippen LogP) is 3.25. The van der Waals surface area contributed by atoms with E-state index >= 15 is 0 Å². The van der Waals surface area contributed by atoms with Gasteiger partial charge in [-0.3, -0.25) is 0 Å². The first-order valence-corrected chi connectivity index (χ1v) is 7.87. The van der Waals surface area contributed by atoms with Gasteiger partial charge < -0.3 is 14.8 Å². The second kappa shape index (κ2) is 5.28. The second-order valence-electron chi connectivity index (χ2n) is 6.04. The second-order valence-corrected chi connectivity index (χ2v) is 6.04. The topological polar surface area (TPSA) is 30.5 Å². The molecule has 1 N–H and O–H groups in total. The van der Waals surface area contributed by atoms with Gasteiger partial charge in [0.1, 0.15) is 17.6 Å². The van der Waals surface area contributed by atoms with Crippen molar-refractivity contribution in [3.63, 3.8) is 0 Å². The summed E-state index contributed by atoms with van der Waals surface area (Å²) < 4.78 is 12.0. The average Bonchev–Trinajstić information content (AvgIpc) is 2.91. The highest BCUT2D eigenvalue weighted by atomic mass is 16.5. The highest BCUT2D eigenvalue weighted by Crippen LogP contribution is 2.49. The van der Waals surface area contributed by atoms with Crippen molar-refractivity contribution in [1.29, 1.82) is 0 Å². The van der Waals surface area contributed by atoms with Crippen molar-refractivity contribution < 1.29 is 9.47 Å². The van der Waals surface area contributed by atoms with Crippen LogP contribution in [-0.2, 0) is 12.8 Å². The summed E-state index contributed by atoms with van der Waals surface area (Å²) in [6.07, 6.45) is 2.35. The van der Waals surface area contributed by atoms with Gasteiger partial charge in [-0.15, -0.1) is 0 Å². The lowest BCUT2D eigenvalue weighted by atomic mass is 9.99. The Hall–Kier alpha value is -1.22. The fraction of sp³-hybridized carbons (Fsp3) is 0.647. The van der Waals surface area contributed by atoms with E-state index in [-0.39, 0.29) is 6.10 Å². The fourth-order valence-corrected chi connectivity index (χ4v) is 3.67. The maximum atomic E-state index is 6.11. The normalized spacial score (nSPS) is 27.1. The Morgan fingerprint density at radius 2 is 2.10 bits per heavy atom. The minimum Gasteiger partial charge on any atom is -0.494 e. The van der Waals surface area contributed by atoms with E-state index < -0.39 is 0 Å². The van der Waals surface area contributed by atoms with Gasteiger partial charge in [-0.2, -0.15) is 0 Å². The Bertz CT molecular complexity index is 512. The van der Waals surface area contributed by atoms with E-state index in [0.29, 0.717) is 12.0 Å². The van der Waals surface area contributed by atoms with Crippen molar-refractivity contribution in [2.45, 2.75) is 52.7 Å². The zero-order chi connectivity index (χ0) is 14.3. The van der Waals surface area contributed by atoms with Crippen LogP contribution < -0.4 is 14.8 Å². The fourth-order valence-electron chi connectivity index (χ4n) is 3.67. The predicted molar refractivity (Wildman–Crippen MR) is 80.7 cm³/mol. The maximum Gasteiger partial charge on any atom is 0.128 e. The van der Waals surface area contributed by atoms with Crippen LogP contribution in [0.15, 0.2) is 6.07 Å². The van der Waals surface area contributed by atoms with Gasteiger partial charge >= 0.3 is 0 Å². The molecule has 1 aliphatic heterocycles. The minimum absolute atomic E-state index is 0.282. The SMILES string of the molecule is CCNC1c2c(c(OCC)cc3c2OC(C)C3)CC1C. The van der Waals surface area contributed by atoms with Gasteiger partial charge in [-0.1, -0.05) is 13.8 Å². The molecule has 110 valence electrons. The van der Waals surface area contributed by atoms with Crippen molar-refractivity contribution in [3.8, 4) is 11.5 Å². The van der Waals surface area contributed by atoms with Crippen LogP contribution in [0.25, 0.3) is 0 Å². The molecule has 3 unspecified atom stereocenters. The van der Waals surface area contributed by atoms with Crippen LogP contribution in [-0.4, -0.2) is 19.3 Å². The molecule has 3 heteroatoms. The molecular formula is C17H25NO2. The Kier molecular flexibility index (Phi) is 3.63. The molecule has 1 aromatic rings. The van der Waals surface area contributed by atoms with E-state index in [4.69, 9.17) is 9.47 Å². The van der Waals surface area contributed by atoms with Crippen LogP contribution in [0.4, 0.5) is 0 Å². The number of rotatable bonds is 4. The lowest BCUT2D eigenvalue weighted by Crippen LogP contribution is -2.24. The molecule has 1 aliphatic carbocycles. The third-order valence-corrected chi connectivity index (χ3v) is 4.42. The van der Waals surface area contributed by atoms with Crippen molar-refractivity contribution in [2.75, 3.05) is 13.2 Å². The molecule has 1 aromatic carbocycles. The van der Waals surface area contributed by atoms with Crippen molar-refractivity contribution in [2.24, 2.45) is 5.92 Å². The van der Waals surface area contributed by atoms with Gasteiger partial charge in [0.05, 0.1) is 6.61 Å². The first kappa shape index (κ1) is 13.7. The van der Waals surface area contributed by atoms with Crippen molar-refractivity contribution in [1.82, 2.24) is 5.32 Å². The number of ether oxygens (including phenoxy) is 2. The van der Waals surface area contributed by atoms with Gasteiger partial charge in [0.15, 0.2) is 0 Å². The molecule has 0 bridgehead atoms. The van der Waals surface area contributed by atoms with E-state index in [9.17, 15) is 0 Å². The monoisotopic (exact) mass is 275 g/mol.